The lowest BCUT2D eigenvalue weighted by molar-refractivity contribution is -0.137. The predicted octanol–water partition coefficient (Wildman–Crippen LogP) is 2.12. The number of rotatable bonds is 4. The highest BCUT2D eigenvalue weighted by molar-refractivity contribution is 5.97. The molecule has 0 saturated heterocycles. The molecule has 0 spiro atoms. The minimum absolute atomic E-state index is 0.0487. The van der Waals surface area contributed by atoms with Crippen molar-refractivity contribution in [2.45, 2.75) is 53.2 Å². The Labute approximate surface area is 118 Å². The number of aliphatic carboxylic acids is 1. The van der Waals surface area contributed by atoms with Crippen LogP contribution in [0, 0.1) is 13.8 Å². The first-order valence-corrected chi connectivity index (χ1v) is 6.45. The zero-order valence-electron chi connectivity index (χ0n) is 12.6. The molecule has 0 atom stereocenters. The second-order valence-electron chi connectivity index (χ2n) is 5.77. The number of carbonyl (C=O) groups excluding carboxylic acids is 1. The molecule has 0 amide bonds. The van der Waals surface area contributed by atoms with Gasteiger partial charge in [0.25, 0.3) is 0 Å². The molecule has 0 radical (unpaired) electrons. The van der Waals surface area contributed by atoms with Crippen LogP contribution in [0.5, 0.6) is 0 Å². The molecule has 0 saturated carbocycles. The fraction of sp³-hybridized carbons (Fsp3) is 0.571. The van der Waals surface area contributed by atoms with Crippen LogP contribution in [0.15, 0.2) is 0 Å². The smallest absolute Gasteiger partial charge is 0.342 e. The van der Waals surface area contributed by atoms with Gasteiger partial charge in [0.2, 0.25) is 0 Å². The Morgan fingerprint density at radius 2 is 1.85 bits per heavy atom. The van der Waals surface area contributed by atoms with Gasteiger partial charge in [-0.3, -0.25) is 4.79 Å². The lowest BCUT2D eigenvalue weighted by Gasteiger charge is -2.19. The van der Waals surface area contributed by atoms with Crippen LogP contribution in [-0.4, -0.2) is 27.2 Å². The summed E-state index contributed by atoms with van der Waals surface area (Å²) >= 11 is 0. The Balaban J connectivity index is 3.13. The van der Waals surface area contributed by atoms with Gasteiger partial charge in [-0.15, -0.1) is 0 Å². The van der Waals surface area contributed by atoms with Gasteiger partial charge in [0.1, 0.15) is 17.0 Å². The van der Waals surface area contributed by atoms with Crippen LogP contribution in [0.4, 0.5) is 5.82 Å². The minimum atomic E-state index is -0.908. The molecule has 20 heavy (non-hydrogen) atoms. The summed E-state index contributed by atoms with van der Waals surface area (Å²) in [7, 11) is 0. The van der Waals surface area contributed by atoms with Crippen LogP contribution in [0.1, 0.15) is 48.8 Å². The number of nitrogens with two attached hydrogens (primary N) is 1. The molecule has 1 heterocycles. The van der Waals surface area contributed by atoms with Gasteiger partial charge in [-0.2, -0.15) is 0 Å². The fourth-order valence-corrected chi connectivity index (χ4v) is 1.97. The molecule has 6 heteroatoms. The minimum Gasteiger partial charge on any atom is -0.481 e. The van der Waals surface area contributed by atoms with E-state index in [9.17, 15) is 9.59 Å². The van der Waals surface area contributed by atoms with Crippen molar-refractivity contribution in [2.24, 2.45) is 0 Å². The van der Waals surface area contributed by atoms with E-state index >= 15 is 0 Å². The quantitative estimate of drug-likeness (QED) is 0.825. The molecule has 1 rings (SSSR count). The van der Waals surface area contributed by atoms with E-state index in [1.165, 1.54) is 0 Å². The summed E-state index contributed by atoms with van der Waals surface area (Å²) in [5.41, 5.74) is 7.20. The number of anilines is 1. The van der Waals surface area contributed by atoms with Crippen molar-refractivity contribution in [3.05, 3.63) is 16.8 Å². The van der Waals surface area contributed by atoms with Crippen LogP contribution >= 0.6 is 0 Å². The number of hydrogen-bond acceptors (Lipinski definition) is 4. The average Bonchev–Trinajstić information content (AvgIpc) is 2.45. The van der Waals surface area contributed by atoms with Gasteiger partial charge in [-0.1, -0.05) is 0 Å². The summed E-state index contributed by atoms with van der Waals surface area (Å²) in [6, 6.07) is 0. The first-order chi connectivity index (χ1) is 9.04. The van der Waals surface area contributed by atoms with Crippen LogP contribution in [0.2, 0.25) is 0 Å². The number of ether oxygens (including phenoxy) is 1. The van der Waals surface area contributed by atoms with Crippen molar-refractivity contribution in [2.75, 3.05) is 5.73 Å². The van der Waals surface area contributed by atoms with Gasteiger partial charge < -0.3 is 20.1 Å². The maximum absolute atomic E-state index is 12.2. The number of carboxylic acids is 1. The van der Waals surface area contributed by atoms with E-state index < -0.39 is 17.5 Å². The standard InChI is InChI=1S/C14H22N2O4/c1-8-9(2)16(7-6-10(17)18)12(15)11(8)13(19)20-14(3,4)5/h6-7,15H2,1-5H3,(H,17,18). The van der Waals surface area contributed by atoms with Crippen molar-refractivity contribution in [1.29, 1.82) is 0 Å². The molecule has 0 bridgehead atoms. The van der Waals surface area contributed by atoms with E-state index in [1.54, 1.807) is 39.2 Å². The third-order valence-electron chi connectivity index (χ3n) is 3.02. The maximum Gasteiger partial charge on any atom is 0.342 e. The number of hydrogen-bond donors (Lipinski definition) is 2. The second kappa shape index (κ2) is 5.56. The molecule has 1 aromatic rings. The Kier molecular flexibility index (Phi) is 4.47. The first-order valence-electron chi connectivity index (χ1n) is 6.45. The molecule has 0 unspecified atom stereocenters. The van der Waals surface area contributed by atoms with Crippen molar-refractivity contribution in [3.8, 4) is 0 Å². The summed E-state index contributed by atoms with van der Waals surface area (Å²) in [6.07, 6.45) is -0.0487. The summed E-state index contributed by atoms with van der Waals surface area (Å²) in [4.78, 5) is 22.8. The highest BCUT2D eigenvalue weighted by Crippen LogP contribution is 2.27. The van der Waals surface area contributed by atoms with Crippen LogP contribution in [0.25, 0.3) is 0 Å². The zero-order chi connectivity index (χ0) is 15.7. The molecule has 0 fully saturated rings. The van der Waals surface area contributed by atoms with Gasteiger partial charge in [0.05, 0.1) is 6.42 Å². The van der Waals surface area contributed by atoms with Crippen LogP contribution < -0.4 is 5.73 Å². The van der Waals surface area contributed by atoms with Crippen molar-refractivity contribution >= 4 is 17.8 Å². The third-order valence-corrected chi connectivity index (χ3v) is 3.02. The molecule has 6 nitrogen and oxygen atoms in total. The molecule has 112 valence electrons. The number of nitrogens with zero attached hydrogens (tertiary/aromatic N) is 1. The lowest BCUT2D eigenvalue weighted by atomic mass is 10.1. The van der Waals surface area contributed by atoms with E-state index in [0.29, 0.717) is 5.56 Å². The van der Waals surface area contributed by atoms with Crippen LogP contribution in [0.3, 0.4) is 0 Å². The largest absolute Gasteiger partial charge is 0.481 e. The van der Waals surface area contributed by atoms with Gasteiger partial charge in [-0.05, 0) is 40.2 Å². The van der Waals surface area contributed by atoms with Crippen molar-refractivity contribution in [3.63, 3.8) is 0 Å². The fourth-order valence-electron chi connectivity index (χ4n) is 1.97. The molecule has 0 aliphatic rings. The highest BCUT2D eigenvalue weighted by Gasteiger charge is 2.26. The second-order valence-corrected chi connectivity index (χ2v) is 5.77. The molecule has 0 aliphatic heterocycles. The number of aromatic nitrogens is 1. The Hall–Kier alpha value is -1.98. The van der Waals surface area contributed by atoms with E-state index in [1.807, 2.05) is 0 Å². The SMILES string of the molecule is Cc1c(C(=O)OC(C)(C)C)c(N)n(CCC(=O)O)c1C. The number of esters is 1. The van der Waals surface area contributed by atoms with Crippen molar-refractivity contribution < 1.29 is 19.4 Å². The molecule has 0 aliphatic carbocycles. The first kappa shape index (κ1) is 16.1. The Bertz CT molecular complexity index is 538. The van der Waals surface area contributed by atoms with Gasteiger partial charge in [0, 0.05) is 12.2 Å². The molecule has 3 N–H and O–H groups in total. The van der Waals surface area contributed by atoms with E-state index in [4.69, 9.17) is 15.6 Å². The Morgan fingerprint density at radius 3 is 2.30 bits per heavy atom. The van der Waals surface area contributed by atoms with Crippen molar-refractivity contribution in [1.82, 2.24) is 4.57 Å². The molecule has 0 aromatic carbocycles. The molecular weight excluding hydrogens is 260 g/mol. The normalized spacial score (nSPS) is 11.4. The number of nitrogen functional groups attached to an aromatic ring is 1. The summed E-state index contributed by atoms with van der Waals surface area (Å²) in [5, 5.41) is 8.75. The highest BCUT2D eigenvalue weighted by atomic mass is 16.6. The zero-order valence-corrected chi connectivity index (χ0v) is 12.6. The maximum atomic E-state index is 12.2. The predicted molar refractivity (Wildman–Crippen MR) is 75.7 cm³/mol. The topological polar surface area (TPSA) is 94.5 Å². The van der Waals surface area contributed by atoms with E-state index in [-0.39, 0.29) is 18.8 Å². The number of carbonyl (C=O) groups is 2. The summed E-state index contributed by atoms with van der Waals surface area (Å²) in [5.74, 6) is -1.13. The monoisotopic (exact) mass is 282 g/mol. The third kappa shape index (κ3) is 3.53. The summed E-state index contributed by atoms with van der Waals surface area (Å²) in [6.45, 7) is 9.17. The van der Waals surface area contributed by atoms with Gasteiger partial charge in [-0.25, -0.2) is 4.79 Å². The average molecular weight is 282 g/mol. The van der Waals surface area contributed by atoms with Crippen LogP contribution in [-0.2, 0) is 16.1 Å². The lowest BCUT2D eigenvalue weighted by Crippen LogP contribution is -2.24. The summed E-state index contributed by atoms with van der Waals surface area (Å²) < 4.78 is 6.97. The van der Waals surface area contributed by atoms with E-state index in [0.717, 1.165) is 11.3 Å². The van der Waals surface area contributed by atoms with Gasteiger partial charge >= 0.3 is 11.9 Å². The van der Waals surface area contributed by atoms with Gasteiger partial charge in [0.15, 0.2) is 0 Å². The molecule has 1 aromatic heterocycles. The van der Waals surface area contributed by atoms with E-state index in [2.05, 4.69) is 0 Å². The Morgan fingerprint density at radius 1 is 1.30 bits per heavy atom. The molecular formula is C14H22N2O4. The number of carboxylic acid groups (broad SMARTS) is 1.